The van der Waals surface area contributed by atoms with Crippen LogP contribution >= 0.6 is 0 Å². The van der Waals surface area contributed by atoms with E-state index in [4.69, 9.17) is 10.00 Å². The largest absolute Gasteiger partial charge is 0.488 e. The van der Waals surface area contributed by atoms with Crippen molar-refractivity contribution in [1.29, 1.82) is 5.26 Å². The van der Waals surface area contributed by atoms with Crippen molar-refractivity contribution in [3.8, 4) is 11.8 Å². The monoisotopic (exact) mass is 285 g/mol. The van der Waals surface area contributed by atoms with Gasteiger partial charge in [0.25, 0.3) is 0 Å². The molecule has 0 spiro atoms. The number of aliphatic hydroxyl groups is 1. The number of rotatable bonds is 4. The highest BCUT2D eigenvalue weighted by molar-refractivity contribution is 5.40. The van der Waals surface area contributed by atoms with Crippen molar-refractivity contribution in [2.24, 2.45) is 0 Å². The van der Waals surface area contributed by atoms with Crippen LogP contribution in [0.15, 0.2) is 36.4 Å². The summed E-state index contributed by atoms with van der Waals surface area (Å²) in [5.74, 6) is 0.121. The number of hydrogen-bond acceptors (Lipinski definition) is 3. The van der Waals surface area contributed by atoms with Crippen LogP contribution < -0.4 is 4.74 Å². The fourth-order valence-electron chi connectivity index (χ4n) is 2.07. The first-order chi connectivity index (χ1) is 10.0. The molecule has 0 saturated carbocycles. The van der Waals surface area contributed by atoms with Crippen LogP contribution in [-0.4, -0.2) is 5.11 Å². The van der Waals surface area contributed by atoms with Crippen molar-refractivity contribution in [2.45, 2.75) is 26.6 Å². The fourth-order valence-corrected chi connectivity index (χ4v) is 2.07. The van der Waals surface area contributed by atoms with Gasteiger partial charge in [-0.05, 0) is 44.2 Å². The minimum atomic E-state index is -0.664. The van der Waals surface area contributed by atoms with E-state index in [9.17, 15) is 9.50 Å². The van der Waals surface area contributed by atoms with Crippen LogP contribution in [0, 0.1) is 24.1 Å². The van der Waals surface area contributed by atoms with Gasteiger partial charge in [-0.2, -0.15) is 5.26 Å². The smallest absolute Gasteiger partial charge is 0.125 e. The number of hydrogen-bond donors (Lipinski definition) is 1. The van der Waals surface area contributed by atoms with Crippen LogP contribution in [0.3, 0.4) is 0 Å². The third-order valence-corrected chi connectivity index (χ3v) is 3.19. The lowest BCUT2D eigenvalue weighted by atomic mass is 10.1. The lowest BCUT2D eigenvalue weighted by Gasteiger charge is -2.15. The van der Waals surface area contributed by atoms with E-state index in [1.165, 1.54) is 18.2 Å². The number of aryl methyl sites for hydroxylation is 1. The molecule has 3 nitrogen and oxygen atoms in total. The number of benzene rings is 2. The topological polar surface area (TPSA) is 53.2 Å². The molecule has 0 bridgehead atoms. The second kappa shape index (κ2) is 6.38. The Labute approximate surface area is 123 Å². The molecule has 2 aromatic rings. The van der Waals surface area contributed by atoms with E-state index in [0.29, 0.717) is 22.4 Å². The lowest BCUT2D eigenvalue weighted by Crippen LogP contribution is -2.03. The summed E-state index contributed by atoms with van der Waals surface area (Å²) in [5, 5.41) is 18.8. The molecule has 21 heavy (non-hydrogen) atoms. The van der Waals surface area contributed by atoms with Gasteiger partial charge in [0.2, 0.25) is 0 Å². The van der Waals surface area contributed by atoms with Crippen molar-refractivity contribution >= 4 is 0 Å². The summed E-state index contributed by atoms with van der Waals surface area (Å²) in [7, 11) is 0. The maximum Gasteiger partial charge on any atom is 0.125 e. The molecule has 108 valence electrons. The predicted octanol–water partition coefficient (Wildman–Crippen LogP) is 3.64. The Balaban J connectivity index is 2.25. The second-order valence-corrected chi connectivity index (χ2v) is 4.92. The van der Waals surface area contributed by atoms with Crippen LogP contribution in [-0.2, 0) is 6.61 Å². The van der Waals surface area contributed by atoms with Gasteiger partial charge in [0.05, 0.1) is 17.7 Å². The van der Waals surface area contributed by atoms with Crippen molar-refractivity contribution < 1.29 is 14.2 Å². The van der Waals surface area contributed by atoms with E-state index < -0.39 is 11.9 Å². The molecule has 4 heteroatoms. The maximum atomic E-state index is 13.3. The molecule has 0 aliphatic carbocycles. The average molecular weight is 285 g/mol. The van der Waals surface area contributed by atoms with E-state index in [-0.39, 0.29) is 6.61 Å². The minimum absolute atomic E-state index is 0.0729. The molecule has 0 aliphatic rings. The second-order valence-electron chi connectivity index (χ2n) is 4.92. The Bertz CT molecular complexity index is 690. The first-order valence-corrected chi connectivity index (χ1v) is 6.61. The molecule has 2 rings (SSSR count). The summed E-state index contributed by atoms with van der Waals surface area (Å²) < 4.78 is 18.9. The standard InChI is InChI=1S/C17H16FNO2/c1-11-3-6-17(16(7-11)12(2)20)21-10-14-8-15(18)5-4-13(14)9-19/h3-8,12,20H,10H2,1-2H3/t12-/m0/s1. The highest BCUT2D eigenvalue weighted by atomic mass is 19.1. The van der Waals surface area contributed by atoms with Crippen LogP contribution in [0.25, 0.3) is 0 Å². The Morgan fingerprint density at radius 2 is 2.05 bits per heavy atom. The van der Waals surface area contributed by atoms with Gasteiger partial charge in [0, 0.05) is 11.1 Å². The molecule has 0 heterocycles. The summed E-state index contributed by atoms with van der Waals surface area (Å²) in [4.78, 5) is 0. The molecule has 0 saturated heterocycles. The third-order valence-electron chi connectivity index (χ3n) is 3.19. The van der Waals surface area contributed by atoms with Gasteiger partial charge in [-0.1, -0.05) is 11.6 Å². The molecule has 1 atom stereocenters. The molecule has 0 aromatic heterocycles. The van der Waals surface area contributed by atoms with E-state index in [2.05, 4.69) is 0 Å². The molecular weight excluding hydrogens is 269 g/mol. The zero-order valence-corrected chi connectivity index (χ0v) is 11.9. The number of halogens is 1. The van der Waals surface area contributed by atoms with Crippen LogP contribution in [0.4, 0.5) is 4.39 Å². The van der Waals surface area contributed by atoms with Crippen molar-refractivity contribution in [3.05, 3.63) is 64.5 Å². The van der Waals surface area contributed by atoms with Gasteiger partial charge in [0.15, 0.2) is 0 Å². The lowest BCUT2D eigenvalue weighted by molar-refractivity contribution is 0.190. The predicted molar refractivity (Wildman–Crippen MR) is 77.3 cm³/mol. The van der Waals surface area contributed by atoms with Crippen LogP contribution in [0.2, 0.25) is 0 Å². The van der Waals surface area contributed by atoms with Crippen molar-refractivity contribution in [3.63, 3.8) is 0 Å². The molecule has 2 aromatic carbocycles. The van der Waals surface area contributed by atoms with Gasteiger partial charge in [-0.15, -0.1) is 0 Å². The highest BCUT2D eigenvalue weighted by Crippen LogP contribution is 2.27. The van der Waals surface area contributed by atoms with E-state index in [0.717, 1.165) is 5.56 Å². The summed E-state index contributed by atoms with van der Waals surface area (Å²) in [6.45, 7) is 3.66. The molecule has 0 aliphatic heterocycles. The van der Waals surface area contributed by atoms with Crippen LogP contribution in [0.1, 0.15) is 35.3 Å². The van der Waals surface area contributed by atoms with Gasteiger partial charge < -0.3 is 9.84 Å². The van der Waals surface area contributed by atoms with Crippen molar-refractivity contribution in [1.82, 2.24) is 0 Å². The Morgan fingerprint density at radius 1 is 1.29 bits per heavy atom. The SMILES string of the molecule is Cc1ccc(OCc2cc(F)ccc2C#N)c([C@H](C)O)c1. The quantitative estimate of drug-likeness (QED) is 0.933. The summed E-state index contributed by atoms with van der Waals surface area (Å²) in [6, 6.07) is 11.5. The number of aliphatic hydroxyl groups excluding tert-OH is 1. The highest BCUT2D eigenvalue weighted by Gasteiger charge is 2.11. The molecule has 1 N–H and O–H groups in total. The number of nitriles is 1. The Kier molecular flexibility index (Phi) is 4.56. The van der Waals surface area contributed by atoms with Gasteiger partial charge >= 0.3 is 0 Å². The maximum absolute atomic E-state index is 13.3. The molecule has 0 unspecified atom stereocenters. The Morgan fingerprint density at radius 3 is 2.71 bits per heavy atom. The van der Waals surface area contributed by atoms with E-state index >= 15 is 0 Å². The molecule has 0 amide bonds. The third kappa shape index (κ3) is 3.59. The first kappa shape index (κ1) is 15.0. The molecular formula is C17H16FNO2. The average Bonchev–Trinajstić information content (AvgIpc) is 2.46. The van der Waals surface area contributed by atoms with Crippen molar-refractivity contribution in [2.75, 3.05) is 0 Å². The van der Waals surface area contributed by atoms with Gasteiger partial charge in [-0.25, -0.2) is 4.39 Å². The number of ether oxygens (including phenoxy) is 1. The normalized spacial score (nSPS) is 11.8. The summed E-state index contributed by atoms with van der Waals surface area (Å²) in [5.41, 5.74) is 2.54. The van der Waals surface area contributed by atoms with Gasteiger partial charge in [-0.3, -0.25) is 0 Å². The number of nitrogens with zero attached hydrogens (tertiary/aromatic N) is 1. The zero-order valence-electron chi connectivity index (χ0n) is 11.9. The van der Waals surface area contributed by atoms with Crippen LogP contribution in [0.5, 0.6) is 5.75 Å². The summed E-state index contributed by atoms with van der Waals surface area (Å²) >= 11 is 0. The molecule has 0 radical (unpaired) electrons. The zero-order chi connectivity index (χ0) is 15.4. The van der Waals surface area contributed by atoms with Gasteiger partial charge in [0.1, 0.15) is 18.2 Å². The molecule has 0 fully saturated rings. The minimum Gasteiger partial charge on any atom is -0.488 e. The van der Waals surface area contributed by atoms with E-state index in [1.54, 1.807) is 13.0 Å². The summed E-state index contributed by atoms with van der Waals surface area (Å²) in [6.07, 6.45) is -0.664. The Hall–Kier alpha value is -2.38. The first-order valence-electron chi connectivity index (χ1n) is 6.61. The van der Waals surface area contributed by atoms with E-state index in [1.807, 2.05) is 25.1 Å². The fraction of sp³-hybridized carbons (Fsp3) is 0.235.